The van der Waals surface area contributed by atoms with Crippen LogP contribution in [0.5, 0.6) is 0 Å². The van der Waals surface area contributed by atoms with Crippen molar-refractivity contribution in [1.82, 2.24) is 0 Å². The molecule has 0 radical (unpaired) electrons. The lowest BCUT2D eigenvalue weighted by molar-refractivity contribution is 0.0911. The molecule has 1 rings (SSSR count). The van der Waals surface area contributed by atoms with Gasteiger partial charge in [-0.25, -0.2) is 5.90 Å². The van der Waals surface area contributed by atoms with Crippen LogP contribution in [0.4, 0.5) is 0 Å². The molecule has 0 aromatic carbocycles. The molecule has 0 amide bonds. The van der Waals surface area contributed by atoms with Crippen molar-refractivity contribution in [3.8, 4) is 0 Å². The van der Waals surface area contributed by atoms with E-state index in [1.54, 1.807) is 0 Å². The normalized spacial score (nSPS) is 28.9. The highest BCUT2D eigenvalue weighted by molar-refractivity contribution is 4.61. The summed E-state index contributed by atoms with van der Waals surface area (Å²) in [5, 5.41) is 0. The lowest BCUT2D eigenvalue weighted by Crippen LogP contribution is -2.12. The second-order valence-corrected chi connectivity index (χ2v) is 2.06. The lowest BCUT2D eigenvalue weighted by atomic mass is 10.1. The zero-order valence-electron chi connectivity index (χ0n) is 4.80. The van der Waals surface area contributed by atoms with Gasteiger partial charge in [0, 0.05) is 12.5 Å². The summed E-state index contributed by atoms with van der Waals surface area (Å²) in [6.45, 7) is 2.32. The first-order valence-corrected chi connectivity index (χ1v) is 2.83. The molecule has 1 aliphatic rings. The van der Waals surface area contributed by atoms with Crippen molar-refractivity contribution in [2.75, 3.05) is 19.8 Å². The summed E-state index contributed by atoms with van der Waals surface area (Å²) in [5.74, 6) is 5.39. The van der Waals surface area contributed by atoms with Crippen LogP contribution in [0.2, 0.25) is 0 Å². The topological polar surface area (TPSA) is 44.5 Å². The van der Waals surface area contributed by atoms with E-state index in [0.29, 0.717) is 12.5 Å². The monoisotopic (exact) mass is 117 g/mol. The molecule has 0 aromatic heterocycles. The molecular weight excluding hydrogens is 106 g/mol. The Morgan fingerprint density at radius 1 is 1.75 bits per heavy atom. The van der Waals surface area contributed by atoms with Crippen molar-refractivity contribution in [3.63, 3.8) is 0 Å². The van der Waals surface area contributed by atoms with Gasteiger partial charge < -0.3 is 9.57 Å². The van der Waals surface area contributed by atoms with E-state index >= 15 is 0 Å². The minimum Gasteiger partial charge on any atom is -0.381 e. The Bertz CT molecular complexity index is 61.4. The standard InChI is InChI=1S/C5H11NO2/c6-8-4-5-1-2-7-3-5/h5H,1-4,6H2/t5-/m1/s1. The number of ether oxygens (including phenoxy) is 1. The van der Waals surface area contributed by atoms with Crippen LogP contribution in [0.3, 0.4) is 0 Å². The molecule has 0 aliphatic carbocycles. The van der Waals surface area contributed by atoms with Crippen LogP contribution in [0.25, 0.3) is 0 Å². The Labute approximate surface area is 48.7 Å². The molecule has 48 valence electrons. The van der Waals surface area contributed by atoms with E-state index in [1.165, 1.54) is 0 Å². The van der Waals surface area contributed by atoms with Gasteiger partial charge in [-0.2, -0.15) is 0 Å². The van der Waals surface area contributed by atoms with E-state index in [0.717, 1.165) is 19.6 Å². The van der Waals surface area contributed by atoms with Crippen LogP contribution in [-0.4, -0.2) is 19.8 Å². The summed E-state index contributed by atoms with van der Waals surface area (Å²) in [4.78, 5) is 4.45. The van der Waals surface area contributed by atoms with Gasteiger partial charge in [0.05, 0.1) is 13.2 Å². The fourth-order valence-electron chi connectivity index (χ4n) is 0.851. The third-order valence-corrected chi connectivity index (χ3v) is 1.36. The van der Waals surface area contributed by atoms with Gasteiger partial charge in [-0.1, -0.05) is 0 Å². The van der Waals surface area contributed by atoms with Crippen molar-refractivity contribution in [1.29, 1.82) is 0 Å². The second-order valence-electron chi connectivity index (χ2n) is 2.06. The average molecular weight is 117 g/mol. The maximum Gasteiger partial charge on any atom is 0.0730 e. The summed E-state index contributed by atoms with van der Waals surface area (Å²) in [7, 11) is 0. The molecule has 0 saturated carbocycles. The smallest absolute Gasteiger partial charge is 0.0730 e. The zero-order valence-corrected chi connectivity index (χ0v) is 4.80. The van der Waals surface area contributed by atoms with Crippen LogP contribution in [-0.2, 0) is 9.57 Å². The quantitative estimate of drug-likeness (QED) is 0.514. The van der Waals surface area contributed by atoms with Crippen LogP contribution in [0.15, 0.2) is 0 Å². The summed E-state index contributed by atoms with van der Waals surface area (Å²) in [6, 6.07) is 0. The van der Waals surface area contributed by atoms with Gasteiger partial charge in [0.15, 0.2) is 0 Å². The Balaban J connectivity index is 2.06. The van der Waals surface area contributed by atoms with Gasteiger partial charge in [-0.15, -0.1) is 0 Å². The van der Waals surface area contributed by atoms with E-state index in [9.17, 15) is 0 Å². The zero-order chi connectivity index (χ0) is 5.82. The largest absolute Gasteiger partial charge is 0.381 e. The summed E-state index contributed by atoms with van der Waals surface area (Å²) >= 11 is 0. The number of nitrogens with two attached hydrogens (primary N) is 1. The number of rotatable bonds is 2. The molecule has 1 saturated heterocycles. The molecular formula is C5H11NO2. The average Bonchev–Trinajstić information content (AvgIpc) is 2.19. The fourth-order valence-corrected chi connectivity index (χ4v) is 0.851. The first-order chi connectivity index (χ1) is 3.93. The summed E-state index contributed by atoms with van der Waals surface area (Å²) in [5.41, 5.74) is 0. The van der Waals surface area contributed by atoms with E-state index in [1.807, 2.05) is 0 Å². The first-order valence-electron chi connectivity index (χ1n) is 2.83. The molecule has 1 aliphatic heterocycles. The van der Waals surface area contributed by atoms with Gasteiger partial charge in [0.25, 0.3) is 0 Å². The minimum atomic E-state index is 0.542. The minimum absolute atomic E-state index is 0.542. The van der Waals surface area contributed by atoms with Crippen molar-refractivity contribution < 1.29 is 9.57 Å². The molecule has 0 spiro atoms. The van der Waals surface area contributed by atoms with Gasteiger partial charge >= 0.3 is 0 Å². The lowest BCUT2D eigenvalue weighted by Gasteiger charge is -2.01. The first kappa shape index (κ1) is 6.01. The van der Waals surface area contributed by atoms with Crippen LogP contribution < -0.4 is 5.90 Å². The molecule has 0 aromatic rings. The Morgan fingerprint density at radius 3 is 3.12 bits per heavy atom. The predicted molar refractivity (Wildman–Crippen MR) is 29.1 cm³/mol. The van der Waals surface area contributed by atoms with Crippen LogP contribution in [0, 0.1) is 5.92 Å². The van der Waals surface area contributed by atoms with Gasteiger partial charge in [-0.3, -0.25) is 0 Å². The molecule has 0 bridgehead atoms. The SMILES string of the molecule is NOC[C@@H]1CCOC1. The van der Waals surface area contributed by atoms with E-state index in [4.69, 9.17) is 10.6 Å². The Morgan fingerprint density at radius 2 is 2.62 bits per heavy atom. The van der Waals surface area contributed by atoms with E-state index < -0.39 is 0 Å². The molecule has 3 heteroatoms. The summed E-state index contributed by atoms with van der Waals surface area (Å²) in [6.07, 6.45) is 1.09. The second kappa shape index (κ2) is 3.02. The van der Waals surface area contributed by atoms with E-state index in [2.05, 4.69) is 4.84 Å². The van der Waals surface area contributed by atoms with Crippen molar-refractivity contribution in [2.24, 2.45) is 11.8 Å². The highest BCUT2D eigenvalue weighted by Gasteiger charge is 2.14. The van der Waals surface area contributed by atoms with Crippen molar-refractivity contribution in [2.45, 2.75) is 6.42 Å². The van der Waals surface area contributed by atoms with Gasteiger partial charge in [0.2, 0.25) is 0 Å². The maximum atomic E-state index is 5.07. The maximum absolute atomic E-state index is 5.07. The van der Waals surface area contributed by atoms with Crippen molar-refractivity contribution in [3.05, 3.63) is 0 Å². The molecule has 0 unspecified atom stereocenters. The Kier molecular flexibility index (Phi) is 2.27. The number of hydrogen-bond donors (Lipinski definition) is 1. The molecule has 1 fully saturated rings. The summed E-state index contributed by atoms with van der Waals surface area (Å²) < 4.78 is 5.07. The number of hydrogen-bond acceptors (Lipinski definition) is 3. The Hall–Kier alpha value is -0.120. The fraction of sp³-hybridized carbons (Fsp3) is 1.00. The third-order valence-electron chi connectivity index (χ3n) is 1.36. The molecule has 2 N–H and O–H groups in total. The molecule has 1 atom stereocenters. The van der Waals surface area contributed by atoms with Crippen LogP contribution >= 0.6 is 0 Å². The third kappa shape index (κ3) is 1.43. The van der Waals surface area contributed by atoms with Crippen molar-refractivity contribution >= 4 is 0 Å². The highest BCUT2D eigenvalue weighted by atomic mass is 16.6. The molecule has 3 nitrogen and oxygen atoms in total. The van der Waals surface area contributed by atoms with Gasteiger partial charge in [-0.05, 0) is 6.42 Å². The molecule has 1 heterocycles. The highest BCUT2D eigenvalue weighted by Crippen LogP contribution is 2.10. The van der Waals surface area contributed by atoms with Gasteiger partial charge in [0.1, 0.15) is 0 Å². The van der Waals surface area contributed by atoms with E-state index in [-0.39, 0.29) is 0 Å². The predicted octanol–water partition coefficient (Wildman–Crippen LogP) is -0.0868. The molecule has 8 heavy (non-hydrogen) atoms. The van der Waals surface area contributed by atoms with Crippen LogP contribution in [0.1, 0.15) is 6.42 Å².